The fourth-order valence-electron chi connectivity index (χ4n) is 2.65. The van der Waals surface area contributed by atoms with Gasteiger partial charge in [0, 0.05) is 29.0 Å². The van der Waals surface area contributed by atoms with Gasteiger partial charge in [-0.25, -0.2) is 0 Å². The smallest absolute Gasteiger partial charge is 0.0144 e. The summed E-state index contributed by atoms with van der Waals surface area (Å²) >= 11 is 1.99. The van der Waals surface area contributed by atoms with Crippen LogP contribution in [0.1, 0.15) is 37.7 Å². The largest absolute Gasteiger partial charge is 0.314 e. The van der Waals surface area contributed by atoms with E-state index in [0.717, 1.165) is 19.4 Å². The van der Waals surface area contributed by atoms with Crippen LogP contribution in [0.3, 0.4) is 0 Å². The summed E-state index contributed by atoms with van der Waals surface area (Å²) in [5.41, 5.74) is 1.52. The van der Waals surface area contributed by atoms with Gasteiger partial charge >= 0.3 is 0 Å². The van der Waals surface area contributed by atoms with Crippen molar-refractivity contribution in [3.05, 3.63) is 29.8 Å². The molecule has 0 saturated carbocycles. The molecule has 0 aliphatic carbocycles. The highest BCUT2D eigenvalue weighted by molar-refractivity contribution is 7.99. The number of benzene rings is 1. The summed E-state index contributed by atoms with van der Waals surface area (Å²) in [6, 6.07) is 9.38. The molecule has 1 aromatic carbocycles. The Balaban J connectivity index is 2.05. The van der Waals surface area contributed by atoms with Crippen molar-refractivity contribution in [2.45, 2.75) is 43.0 Å². The standard InChI is InChI=1S/C16H21NS/c1-3-5-6-10-15(17-4-2)14-12-18-16-11-8-7-9-13(14)16/h1,7-9,11,14-15,17H,4-6,10,12H2,2H3. The molecule has 2 atom stereocenters. The first-order valence-corrected chi connectivity index (χ1v) is 7.74. The molecule has 1 nitrogen and oxygen atoms in total. The summed E-state index contributed by atoms with van der Waals surface area (Å²) in [4.78, 5) is 1.46. The first kappa shape index (κ1) is 13.5. The highest BCUT2D eigenvalue weighted by Crippen LogP contribution is 2.41. The normalized spacial score (nSPS) is 19.2. The zero-order chi connectivity index (χ0) is 12.8. The Kier molecular flexibility index (Phi) is 5.16. The molecule has 1 aromatic rings. The SMILES string of the molecule is C#CCCCC(NCC)C1CSc2ccccc21. The number of unbranched alkanes of at least 4 members (excludes halogenated alkanes) is 1. The van der Waals surface area contributed by atoms with Crippen LogP contribution >= 0.6 is 11.8 Å². The summed E-state index contributed by atoms with van der Waals surface area (Å²) in [5.74, 6) is 4.59. The van der Waals surface area contributed by atoms with Crippen molar-refractivity contribution in [3.8, 4) is 12.3 Å². The van der Waals surface area contributed by atoms with E-state index < -0.39 is 0 Å². The Hall–Kier alpha value is -0.910. The topological polar surface area (TPSA) is 12.0 Å². The molecule has 0 bridgehead atoms. The lowest BCUT2D eigenvalue weighted by atomic mass is 9.90. The second-order valence-corrected chi connectivity index (χ2v) is 5.78. The Bertz CT molecular complexity index is 421. The minimum Gasteiger partial charge on any atom is -0.314 e. The number of hydrogen-bond acceptors (Lipinski definition) is 2. The molecular weight excluding hydrogens is 238 g/mol. The van der Waals surface area contributed by atoms with Crippen molar-refractivity contribution in [3.63, 3.8) is 0 Å². The summed E-state index contributed by atoms with van der Waals surface area (Å²) in [7, 11) is 0. The summed E-state index contributed by atoms with van der Waals surface area (Å²) < 4.78 is 0. The molecule has 0 radical (unpaired) electrons. The molecule has 1 N–H and O–H groups in total. The van der Waals surface area contributed by atoms with E-state index in [4.69, 9.17) is 6.42 Å². The second kappa shape index (κ2) is 6.87. The van der Waals surface area contributed by atoms with E-state index >= 15 is 0 Å². The Labute approximate surface area is 115 Å². The van der Waals surface area contributed by atoms with Gasteiger partial charge in [-0.1, -0.05) is 25.1 Å². The third-order valence-corrected chi connectivity index (χ3v) is 4.73. The third-order valence-electron chi connectivity index (χ3n) is 3.53. The molecule has 0 fully saturated rings. The van der Waals surface area contributed by atoms with E-state index in [1.807, 2.05) is 11.8 Å². The van der Waals surface area contributed by atoms with E-state index in [-0.39, 0.29) is 0 Å². The molecule has 1 aliphatic rings. The van der Waals surface area contributed by atoms with Crippen LogP contribution in [0.25, 0.3) is 0 Å². The van der Waals surface area contributed by atoms with E-state index in [9.17, 15) is 0 Å². The van der Waals surface area contributed by atoms with Crippen molar-refractivity contribution >= 4 is 11.8 Å². The first-order chi connectivity index (χ1) is 8.86. The number of rotatable bonds is 6. The van der Waals surface area contributed by atoms with Gasteiger partial charge < -0.3 is 5.32 Å². The van der Waals surface area contributed by atoms with E-state index in [0.29, 0.717) is 12.0 Å². The molecule has 2 heteroatoms. The lowest BCUT2D eigenvalue weighted by Crippen LogP contribution is -2.35. The van der Waals surface area contributed by atoms with Crippen LogP contribution in [0.2, 0.25) is 0 Å². The van der Waals surface area contributed by atoms with Crippen LogP contribution in [0.15, 0.2) is 29.2 Å². The number of hydrogen-bond donors (Lipinski definition) is 1. The minimum atomic E-state index is 0.569. The number of nitrogens with one attached hydrogen (secondary N) is 1. The Morgan fingerprint density at radius 3 is 3.11 bits per heavy atom. The Morgan fingerprint density at radius 1 is 1.50 bits per heavy atom. The maximum atomic E-state index is 5.34. The van der Waals surface area contributed by atoms with Crippen LogP contribution in [0.5, 0.6) is 0 Å². The quantitative estimate of drug-likeness (QED) is 0.618. The molecule has 0 aromatic heterocycles. The molecule has 18 heavy (non-hydrogen) atoms. The van der Waals surface area contributed by atoms with Crippen molar-refractivity contribution in [1.82, 2.24) is 5.32 Å². The van der Waals surface area contributed by atoms with Gasteiger partial charge in [0.15, 0.2) is 0 Å². The van der Waals surface area contributed by atoms with Crippen molar-refractivity contribution < 1.29 is 0 Å². The van der Waals surface area contributed by atoms with Gasteiger partial charge in [0.05, 0.1) is 0 Å². The number of fused-ring (bicyclic) bond motifs is 1. The third kappa shape index (κ3) is 3.10. The zero-order valence-corrected chi connectivity index (χ0v) is 11.8. The summed E-state index contributed by atoms with van der Waals surface area (Å²) in [6.07, 6.45) is 8.54. The molecule has 0 amide bonds. The van der Waals surface area contributed by atoms with Crippen molar-refractivity contribution in [1.29, 1.82) is 0 Å². The first-order valence-electron chi connectivity index (χ1n) is 6.75. The predicted molar refractivity (Wildman–Crippen MR) is 80.1 cm³/mol. The molecule has 1 aliphatic heterocycles. The van der Waals surface area contributed by atoms with E-state index in [2.05, 4.69) is 42.4 Å². The van der Waals surface area contributed by atoms with E-state index in [1.165, 1.54) is 22.6 Å². The van der Waals surface area contributed by atoms with E-state index in [1.54, 1.807) is 0 Å². The fourth-order valence-corrected chi connectivity index (χ4v) is 3.98. The van der Waals surface area contributed by atoms with Crippen LogP contribution < -0.4 is 5.32 Å². The number of terminal acetylenes is 1. The summed E-state index contributed by atoms with van der Waals surface area (Å²) in [5, 5.41) is 3.64. The van der Waals surface area contributed by atoms with Gasteiger partial charge in [-0.2, -0.15) is 0 Å². The molecule has 0 saturated heterocycles. The fraction of sp³-hybridized carbons (Fsp3) is 0.500. The van der Waals surface area contributed by atoms with Crippen LogP contribution in [0, 0.1) is 12.3 Å². The lowest BCUT2D eigenvalue weighted by Gasteiger charge is -2.24. The van der Waals surface area contributed by atoms with Gasteiger partial charge in [0.1, 0.15) is 0 Å². The molecule has 1 heterocycles. The minimum absolute atomic E-state index is 0.569. The van der Waals surface area contributed by atoms with Gasteiger partial charge in [0.2, 0.25) is 0 Å². The molecule has 0 spiro atoms. The average molecular weight is 259 g/mol. The van der Waals surface area contributed by atoms with Gasteiger partial charge in [-0.05, 0) is 31.0 Å². The van der Waals surface area contributed by atoms with Crippen molar-refractivity contribution in [2.24, 2.45) is 0 Å². The lowest BCUT2D eigenvalue weighted by molar-refractivity contribution is 0.430. The maximum Gasteiger partial charge on any atom is 0.0144 e. The predicted octanol–water partition coefficient (Wildman–Crippen LogP) is 3.66. The maximum absolute atomic E-state index is 5.34. The monoisotopic (exact) mass is 259 g/mol. The van der Waals surface area contributed by atoms with Crippen LogP contribution in [-0.2, 0) is 0 Å². The zero-order valence-electron chi connectivity index (χ0n) is 11.0. The number of likely N-dealkylation sites (N-methyl/N-ethyl adjacent to an activating group) is 1. The van der Waals surface area contributed by atoms with Gasteiger partial charge in [-0.15, -0.1) is 24.1 Å². The molecule has 2 unspecified atom stereocenters. The van der Waals surface area contributed by atoms with Gasteiger partial charge in [0.25, 0.3) is 0 Å². The average Bonchev–Trinajstić information content (AvgIpc) is 2.82. The van der Waals surface area contributed by atoms with Crippen LogP contribution in [-0.4, -0.2) is 18.3 Å². The number of thioether (sulfide) groups is 1. The summed E-state index contributed by atoms with van der Waals surface area (Å²) in [6.45, 7) is 3.21. The highest BCUT2D eigenvalue weighted by atomic mass is 32.2. The highest BCUT2D eigenvalue weighted by Gasteiger charge is 2.29. The molecule has 2 rings (SSSR count). The van der Waals surface area contributed by atoms with Gasteiger partial charge in [-0.3, -0.25) is 0 Å². The van der Waals surface area contributed by atoms with Crippen LogP contribution in [0.4, 0.5) is 0 Å². The molecule has 96 valence electrons. The van der Waals surface area contributed by atoms with Crippen molar-refractivity contribution in [2.75, 3.05) is 12.3 Å². The second-order valence-electron chi connectivity index (χ2n) is 4.72. The molecular formula is C16H21NS. The Morgan fingerprint density at radius 2 is 2.33 bits per heavy atom.